The molecule has 0 atom stereocenters. The Balaban J connectivity index is 0.000000360. The Labute approximate surface area is 127 Å². The van der Waals surface area contributed by atoms with Crippen molar-refractivity contribution in [2.75, 3.05) is 0 Å². The Bertz CT molecular complexity index is 511. The van der Waals surface area contributed by atoms with E-state index in [2.05, 4.69) is 4.84 Å². The van der Waals surface area contributed by atoms with Gasteiger partial charge in [-0.05, 0) is 6.92 Å². The maximum absolute atomic E-state index is 10.6. The van der Waals surface area contributed by atoms with Gasteiger partial charge in [-0.3, -0.25) is 24.5 Å². The van der Waals surface area contributed by atoms with Crippen molar-refractivity contribution in [3.63, 3.8) is 0 Å². The molecule has 0 saturated carbocycles. The molecule has 0 radical (unpaired) electrons. The molecule has 1 saturated heterocycles. The van der Waals surface area contributed by atoms with Crippen molar-refractivity contribution in [1.82, 2.24) is 5.06 Å². The molecule has 0 aromatic heterocycles. The Morgan fingerprint density at radius 3 is 1.95 bits per heavy atom. The van der Waals surface area contributed by atoms with Gasteiger partial charge in [0, 0.05) is 25.0 Å². The number of amides is 2. The van der Waals surface area contributed by atoms with Gasteiger partial charge >= 0.3 is 6.47 Å². The standard InChI is InChI=1S/C7H7NO2.C5H5NO4.C2H6/c1-6-2-4-7(5-3-6)8(9)10;7-3-10-6-4(8)1-2-5(6)9;1-2/h2-5H,1H3;3H,1-2H2;1-2H3. The lowest BCUT2D eigenvalue weighted by Gasteiger charge is -2.06. The highest BCUT2D eigenvalue weighted by Crippen LogP contribution is 2.11. The van der Waals surface area contributed by atoms with Gasteiger partial charge in [-0.25, -0.2) is 0 Å². The van der Waals surface area contributed by atoms with Crippen LogP contribution in [0.4, 0.5) is 5.69 Å². The minimum atomic E-state index is -0.461. The monoisotopic (exact) mass is 310 g/mol. The fourth-order valence-electron chi connectivity index (χ4n) is 1.38. The van der Waals surface area contributed by atoms with E-state index >= 15 is 0 Å². The number of aryl methyl sites for hydroxylation is 1. The average molecular weight is 310 g/mol. The molecule has 2 rings (SSSR count). The molecule has 1 aromatic carbocycles. The van der Waals surface area contributed by atoms with Crippen LogP contribution in [0.1, 0.15) is 32.3 Å². The number of hydrogen-bond donors (Lipinski definition) is 0. The third kappa shape index (κ3) is 6.12. The number of carbonyl (C=O) groups is 3. The van der Waals surface area contributed by atoms with Gasteiger partial charge in [0.25, 0.3) is 17.5 Å². The number of hydrogen-bond acceptors (Lipinski definition) is 6. The number of non-ortho nitro benzene ring substituents is 1. The fourth-order valence-corrected chi connectivity index (χ4v) is 1.38. The molecule has 8 heteroatoms. The third-order valence-electron chi connectivity index (χ3n) is 2.40. The van der Waals surface area contributed by atoms with Crippen molar-refractivity contribution in [1.29, 1.82) is 0 Å². The summed E-state index contributed by atoms with van der Waals surface area (Å²) in [5.41, 5.74) is 1.18. The molecule has 0 aliphatic carbocycles. The van der Waals surface area contributed by atoms with Gasteiger partial charge in [0.15, 0.2) is 0 Å². The molecular weight excluding hydrogens is 292 g/mol. The lowest BCUT2D eigenvalue weighted by Crippen LogP contribution is -2.28. The van der Waals surface area contributed by atoms with Crippen LogP contribution < -0.4 is 0 Å². The van der Waals surface area contributed by atoms with E-state index in [1.165, 1.54) is 12.1 Å². The van der Waals surface area contributed by atoms with Crippen LogP contribution in [0.5, 0.6) is 0 Å². The van der Waals surface area contributed by atoms with Gasteiger partial charge in [-0.2, -0.15) is 0 Å². The van der Waals surface area contributed by atoms with E-state index in [1.54, 1.807) is 12.1 Å². The van der Waals surface area contributed by atoms with Crippen molar-refractivity contribution in [2.45, 2.75) is 33.6 Å². The van der Waals surface area contributed by atoms with E-state index in [1.807, 2.05) is 20.8 Å². The summed E-state index contributed by atoms with van der Waals surface area (Å²) in [7, 11) is 0. The Morgan fingerprint density at radius 1 is 1.14 bits per heavy atom. The summed E-state index contributed by atoms with van der Waals surface area (Å²) >= 11 is 0. The molecule has 1 fully saturated rings. The minimum Gasteiger partial charge on any atom is -0.334 e. The van der Waals surface area contributed by atoms with Gasteiger partial charge in [0.2, 0.25) is 0 Å². The van der Waals surface area contributed by atoms with E-state index in [0.717, 1.165) is 5.56 Å². The molecule has 22 heavy (non-hydrogen) atoms. The molecule has 0 N–H and O–H groups in total. The highest BCUT2D eigenvalue weighted by molar-refractivity contribution is 6.01. The first-order valence-electron chi connectivity index (χ1n) is 6.63. The lowest BCUT2D eigenvalue weighted by molar-refractivity contribution is -0.384. The first-order chi connectivity index (χ1) is 10.5. The van der Waals surface area contributed by atoms with Crippen LogP contribution in [0.25, 0.3) is 0 Å². The largest absolute Gasteiger partial charge is 0.334 e. The first kappa shape index (κ1) is 19.2. The fraction of sp³-hybridized carbons (Fsp3) is 0.357. The van der Waals surface area contributed by atoms with Crippen LogP contribution >= 0.6 is 0 Å². The molecule has 2 amide bonds. The number of nitrogens with zero attached hydrogens (tertiary/aromatic N) is 2. The molecule has 0 spiro atoms. The van der Waals surface area contributed by atoms with Crippen molar-refractivity contribution < 1.29 is 24.1 Å². The number of rotatable bonds is 3. The zero-order valence-electron chi connectivity index (χ0n) is 12.6. The molecule has 0 bridgehead atoms. The van der Waals surface area contributed by atoms with E-state index < -0.39 is 16.7 Å². The van der Waals surface area contributed by atoms with Crippen LogP contribution in [0.15, 0.2) is 24.3 Å². The van der Waals surface area contributed by atoms with E-state index in [-0.39, 0.29) is 25.0 Å². The molecule has 0 unspecified atom stereocenters. The number of nitro groups is 1. The van der Waals surface area contributed by atoms with E-state index in [0.29, 0.717) is 5.06 Å². The smallest absolute Gasteiger partial charge is 0.321 e. The quantitative estimate of drug-likeness (QED) is 0.366. The molecule has 1 aromatic rings. The number of benzene rings is 1. The minimum absolute atomic E-state index is 0.0567. The van der Waals surface area contributed by atoms with Gasteiger partial charge in [0.1, 0.15) is 0 Å². The average Bonchev–Trinajstić information content (AvgIpc) is 2.83. The van der Waals surface area contributed by atoms with Crippen molar-refractivity contribution in [3.05, 3.63) is 39.9 Å². The summed E-state index contributed by atoms with van der Waals surface area (Å²) in [4.78, 5) is 44.7. The van der Waals surface area contributed by atoms with Crippen LogP contribution in [-0.4, -0.2) is 28.3 Å². The highest BCUT2D eigenvalue weighted by Gasteiger charge is 2.30. The Hall–Kier alpha value is -2.77. The number of hydroxylamine groups is 2. The maximum atomic E-state index is 10.6. The summed E-state index contributed by atoms with van der Waals surface area (Å²) in [5.74, 6) is -0.922. The lowest BCUT2D eigenvalue weighted by atomic mass is 10.2. The molecule has 1 heterocycles. The second-order valence-corrected chi connectivity index (χ2v) is 3.88. The maximum Gasteiger partial charge on any atom is 0.321 e. The number of carbonyl (C=O) groups excluding carboxylic acids is 3. The topological polar surface area (TPSA) is 107 Å². The second-order valence-electron chi connectivity index (χ2n) is 3.88. The summed E-state index contributed by atoms with van der Waals surface area (Å²) in [6.45, 7) is 5.95. The number of nitro benzene ring substituents is 1. The van der Waals surface area contributed by atoms with Crippen molar-refractivity contribution in [3.8, 4) is 0 Å². The van der Waals surface area contributed by atoms with Crippen molar-refractivity contribution in [2.24, 2.45) is 0 Å². The Morgan fingerprint density at radius 2 is 1.59 bits per heavy atom. The molecule has 8 nitrogen and oxygen atoms in total. The molecule has 1 aliphatic rings. The second kappa shape index (κ2) is 10.0. The van der Waals surface area contributed by atoms with Crippen LogP contribution in [0.3, 0.4) is 0 Å². The molecule has 1 aliphatic heterocycles. The van der Waals surface area contributed by atoms with Crippen LogP contribution in [0, 0.1) is 17.0 Å². The van der Waals surface area contributed by atoms with E-state index in [9.17, 15) is 24.5 Å². The van der Waals surface area contributed by atoms with E-state index in [4.69, 9.17) is 0 Å². The van der Waals surface area contributed by atoms with Crippen LogP contribution in [0.2, 0.25) is 0 Å². The predicted molar refractivity (Wildman–Crippen MR) is 77.4 cm³/mol. The van der Waals surface area contributed by atoms with Crippen LogP contribution in [-0.2, 0) is 19.2 Å². The number of imide groups is 1. The van der Waals surface area contributed by atoms with Gasteiger partial charge in [-0.15, -0.1) is 5.06 Å². The highest BCUT2D eigenvalue weighted by atomic mass is 16.7. The summed E-state index contributed by atoms with van der Waals surface area (Å²) in [6.07, 6.45) is 0.263. The molecular formula is C14H18N2O6. The van der Waals surface area contributed by atoms with Gasteiger partial charge in [0.05, 0.1) is 4.92 Å². The predicted octanol–water partition coefficient (Wildman–Crippen LogP) is 2.15. The first-order valence-corrected chi connectivity index (χ1v) is 6.63. The molecule has 120 valence electrons. The zero-order valence-corrected chi connectivity index (χ0v) is 12.6. The summed E-state index contributed by atoms with van der Waals surface area (Å²) < 4.78 is 0. The zero-order chi connectivity index (χ0) is 17.1. The SMILES string of the molecule is CC.Cc1ccc([N+](=O)[O-])cc1.O=CON1C(=O)CCC1=O. The van der Waals surface area contributed by atoms with Gasteiger partial charge in [-0.1, -0.05) is 31.5 Å². The van der Waals surface area contributed by atoms with Gasteiger partial charge < -0.3 is 4.84 Å². The normalized spacial score (nSPS) is 12.6. The third-order valence-corrected chi connectivity index (χ3v) is 2.40. The van der Waals surface area contributed by atoms with Crippen molar-refractivity contribution >= 4 is 24.0 Å². The summed E-state index contributed by atoms with van der Waals surface area (Å²) in [5, 5.41) is 10.6. The Kier molecular flexibility index (Phi) is 8.77. The summed E-state index contributed by atoms with van der Waals surface area (Å²) in [6, 6.07) is 6.43.